The number of rotatable bonds is 7. The van der Waals surface area contributed by atoms with Crippen LogP contribution in [0.5, 0.6) is 0 Å². The number of fused-ring (bicyclic) bond motifs is 3. The van der Waals surface area contributed by atoms with Crippen LogP contribution in [0.2, 0.25) is 17.3 Å². The molecule has 1 radical (unpaired) electrons. The Morgan fingerprint density at radius 1 is 0.846 bits per heavy atom. The van der Waals surface area contributed by atoms with Crippen molar-refractivity contribution >= 4 is 39.7 Å². The van der Waals surface area contributed by atoms with Crippen LogP contribution in [0.1, 0.15) is 62.1 Å². The zero-order valence-corrected chi connectivity index (χ0v) is 35.6. The summed E-state index contributed by atoms with van der Waals surface area (Å²) in [6.45, 7) is 6.45. The van der Waals surface area contributed by atoms with Crippen LogP contribution in [0.15, 0.2) is 108 Å². The van der Waals surface area contributed by atoms with Crippen molar-refractivity contribution in [3.63, 3.8) is 0 Å². The van der Waals surface area contributed by atoms with Crippen molar-refractivity contribution in [1.82, 2.24) is 15.0 Å². The van der Waals surface area contributed by atoms with Crippen LogP contribution < -0.4 is 4.40 Å². The van der Waals surface area contributed by atoms with Gasteiger partial charge in [0, 0.05) is 37.3 Å². The third-order valence-corrected chi connectivity index (χ3v) is 14.5. The van der Waals surface area contributed by atoms with Gasteiger partial charge in [-0.05, 0) is 29.8 Å². The van der Waals surface area contributed by atoms with Gasteiger partial charge in [-0.25, -0.2) is 4.98 Å². The Balaban J connectivity index is 0.000000182. The molecule has 0 N–H and O–H groups in total. The van der Waals surface area contributed by atoms with Crippen molar-refractivity contribution in [3.05, 3.63) is 132 Å². The van der Waals surface area contributed by atoms with Gasteiger partial charge in [0.15, 0.2) is 0 Å². The van der Waals surface area contributed by atoms with Gasteiger partial charge in [-0.3, -0.25) is 0 Å². The van der Waals surface area contributed by atoms with Crippen LogP contribution in [0, 0.1) is 25.0 Å². The van der Waals surface area contributed by atoms with Crippen LogP contribution in [0.3, 0.4) is 0 Å². The van der Waals surface area contributed by atoms with E-state index in [4.69, 9.17) is 14.4 Å². The van der Waals surface area contributed by atoms with Crippen LogP contribution >= 0.6 is 0 Å². The average Bonchev–Trinajstić information content (AvgIpc) is 3.80. The SMILES string of the molecule is Cc1c[c-]c(-c2cc(C(C)C)ccn2)c2oc3nc(-c4ccccc4)ccc3c12.[CH3][Ge]([CH3])([CH3])[c]1cnc(-c2[c-]cccc2)cc1CC1CCCC1.[Ir]. The second-order valence-corrected chi connectivity index (χ2v) is 25.9. The van der Waals surface area contributed by atoms with Crippen molar-refractivity contribution in [2.24, 2.45) is 5.92 Å². The Labute approximate surface area is 325 Å². The van der Waals surface area contributed by atoms with Crippen molar-refractivity contribution < 1.29 is 24.5 Å². The number of aryl methyl sites for hydroxylation is 1. The summed E-state index contributed by atoms with van der Waals surface area (Å²) in [4.78, 5) is 14.2. The van der Waals surface area contributed by atoms with E-state index >= 15 is 0 Å². The second kappa shape index (κ2) is 16.4. The molecule has 52 heavy (non-hydrogen) atoms. The summed E-state index contributed by atoms with van der Waals surface area (Å²) in [5, 5.41) is 2.10. The molecule has 0 amide bonds. The van der Waals surface area contributed by atoms with Gasteiger partial charge in [0.2, 0.25) is 5.71 Å². The third-order valence-electron chi connectivity index (χ3n) is 10.2. The monoisotopic (exact) mass is 924 g/mol. The Morgan fingerprint density at radius 3 is 2.33 bits per heavy atom. The molecular weight excluding hydrogens is 875 g/mol. The summed E-state index contributed by atoms with van der Waals surface area (Å²) in [5.41, 5.74) is 11.3. The zero-order valence-electron chi connectivity index (χ0n) is 31.1. The fourth-order valence-electron chi connectivity index (χ4n) is 7.33. The molecule has 0 bridgehead atoms. The molecule has 267 valence electrons. The van der Waals surface area contributed by atoms with Crippen LogP contribution in [0.25, 0.3) is 55.8 Å². The molecule has 1 aliphatic rings. The summed E-state index contributed by atoms with van der Waals surface area (Å²) < 4.78 is 7.89. The number of hydrogen-bond donors (Lipinski definition) is 0. The third kappa shape index (κ3) is 8.33. The molecule has 1 aliphatic carbocycles. The molecule has 3 aromatic carbocycles. The molecule has 8 rings (SSSR count). The van der Waals surface area contributed by atoms with E-state index in [1.807, 2.05) is 42.6 Å². The van der Waals surface area contributed by atoms with Crippen LogP contribution in [-0.2, 0) is 26.5 Å². The van der Waals surface area contributed by atoms with Gasteiger partial charge in [-0.15, -0.1) is 17.7 Å². The number of aromatic nitrogens is 3. The molecule has 1 saturated carbocycles. The van der Waals surface area contributed by atoms with E-state index in [1.54, 1.807) is 9.96 Å². The molecule has 0 saturated heterocycles. The minimum atomic E-state index is -1.87. The molecule has 0 atom stereocenters. The number of hydrogen-bond acceptors (Lipinski definition) is 4. The summed E-state index contributed by atoms with van der Waals surface area (Å²) in [5.74, 6) is 8.75. The van der Waals surface area contributed by atoms with Gasteiger partial charge < -0.3 is 9.40 Å². The van der Waals surface area contributed by atoms with E-state index in [1.165, 1.54) is 37.7 Å². The van der Waals surface area contributed by atoms with E-state index in [9.17, 15) is 0 Å². The van der Waals surface area contributed by atoms with Crippen molar-refractivity contribution in [2.75, 3.05) is 0 Å². The molecule has 4 aromatic heterocycles. The minimum absolute atomic E-state index is 0. The largest absolute Gasteiger partial charge is 0 e. The topological polar surface area (TPSA) is 51.8 Å². The molecule has 0 spiro atoms. The maximum absolute atomic E-state index is 6.30. The van der Waals surface area contributed by atoms with Crippen molar-refractivity contribution in [1.29, 1.82) is 0 Å². The maximum atomic E-state index is 6.30. The molecule has 1 fully saturated rings. The van der Waals surface area contributed by atoms with Crippen molar-refractivity contribution in [2.45, 2.75) is 76.1 Å². The molecular formula is C46H47GeIrN3O-2. The summed E-state index contributed by atoms with van der Waals surface area (Å²) in [7, 11) is 0. The van der Waals surface area contributed by atoms with Gasteiger partial charge in [0.05, 0.1) is 11.3 Å². The van der Waals surface area contributed by atoms with E-state index in [0.717, 1.165) is 61.6 Å². The van der Waals surface area contributed by atoms with E-state index in [2.05, 4.69) is 116 Å². The maximum Gasteiger partial charge on any atom is 0 e. The first kappa shape index (κ1) is 37.8. The predicted molar refractivity (Wildman–Crippen MR) is 215 cm³/mol. The molecule has 6 heteroatoms. The number of nitrogens with zero attached hydrogens (tertiary/aromatic N) is 3. The van der Waals surface area contributed by atoms with Gasteiger partial charge in [0.1, 0.15) is 0 Å². The summed E-state index contributed by atoms with van der Waals surface area (Å²) >= 11 is -1.87. The summed E-state index contributed by atoms with van der Waals surface area (Å²) in [6.07, 6.45) is 10.9. The fourth-order valence-corrected chi connectivity index (χ4v) is 10.7. The average molecular weight is 923 g/mol. The Morgan fingerprint density at radius 2 is 1.62 bits per heavy atom. The van der Waals surface area contributed by atoms with Crippen LogP contribution in [-0.4, -0.2) is 28.2 Å². The van der Waals surface area contributed by atoms with E-state index < -0.39 is 13.3 Å². The molecule has 0 unspecified atom stereocenters. The Hall–Kier alpha value is -3.90. The van der Waals surface area contributed by atoms with Gasteiger partial charge in [-0.2, -0.15) is 0 Å². The van der Waals surface area contributed by atoms with Gasteiger partial charge in [-0.1, -0.05) is 73.7 Å². The normalized spacial score (nSPS) is 13.3. The quantitative estimate of drug-likeness (QED) is 0.118. The summed E-state index contributed by atoms with van der Waals surface area (Å²) in [6, 6.07) is 37.8. The minimum Gasteiger partial charge on any atom is 0 e. The van der Waals surface area contributed by atoms with Crippen molar-refractivity contribution in [3.8, 4) is 33.8 Å². The Bertz CT molecular complexity index is 2270. The van der Waals surface area contributed by atoms with E-state index in [0.29, 0.717) is 11.6 Å². The smallest absolute Gasteiger partial charge is 0 e. The second-order valence-electron chi connectivity index (χ2n) is 15.3. The fraction of sp³-hybridized carbons (Fsp3) is 0.283. The van der Waals surface area contributed by atoms with E-state index in [-0.39, 0.29) is 20.1 Å². The Kier molecular flexibility index (Phi) is 11.9. The first-order valence-electron chi connectivity index (χ1n) is 18.4. The molecule has 7 aromatic rings. The van der Waals surface area contributed by atoms with Gasteiger partial charge >= 0.3 is 137 Å². The first-order chi connectivity index (χ1) is 24.7. The molecule has 4 heterocycles. The number of furan rings is 1. The van der Waals surface area contributed by atoms with Crippen LogP contribution in [0.4, 0.5) is 0 Å². The number of benzene rings is 3. The molecule has 4 nitrogen and oxygen atoms in total. The standard InChI is InChI=1S/C26H21N2O.C20H26GeN.Ir/c1-16(2)19-13-14-27-23(15-19)20-10-9-17(3)24-21-11-12-22(18-7-5-4-6-8-18)28-26(21)29-25(20)24;1-21(2,3)19-15-22-20(17-11-5-4-6-12-17)14-18(19)13-16-9-7-8-10-16;/h4-9,11-16H,1-3H3;4-6,11,14-16H,7-10,13H2,1-3H3;/q2*-1;. The zero-order chi connectivity index (χ0) is 35.5. The number of pyridine rings is 3. The first-order valence-corrected chi connectivity index (χ1v) is 25.7. The van der Waals surface area contributed by atoms with Gasteiger partial charge in [0.25, 0.3) is 0 Å². The molecule has 0 aliphatic heterocycles. The predicted octanol–water partition coefficient (Wildman–Crippen LogP) is 11.8.